The van der Waals surface area contributed by atoms with E-state index in [0.29, 0.717) is 12.4 Å². The molecule has 0 N–H and O–H groups in total. The Morgan fingerprint density at radius 2 is 1.22 bits per heavy atom. The first-order valence-corrected chi connectivity index (χ1v) is 20.9. The zero-order chi connectivity index (χ0) is 42.1. The molecule has 1 aliphatic rings. The second-order valence-electron chi connectivity index (χ2n) is 19.2. The highest BCUT2D eigenvalue weighted by molar-refractivity contribution is 6.09. The van der Waals surface area contributed by atoms with Gasteiger partial charge in [0.05, 0.1) is 22.4 Å². The zero-order valence-corrected chi connectivity index (χ0v) is 36.1. The monoisotopic (exact) mass is 792 g/mol. The van der Waals surface area contributed by atoms with Crippen LogP contribution in [-0.4, -0.2) is 16.2 Å². The highest BCUT2D eigenvalue weighted by atomic mass is 19.1. The van der Waals surface area contributed by atoms with E-state index in [1.807, 2.05) is 36.5 Å². The SMILES string of the molecule is CC(C)(C)c1cc(-c2cccc3c2N(c2ccccc2)CN3c2cccc(Oc3ccc4c5cc(F)ccc5n(-c5cc(C(C)(C)C)ccn5)c4c3)c2)cc(C(C)(C)C)c1. The Morgan fingerprint density at radius 3 is 1.93 bits per heavy atom. The van der Waals surface area contributed by atoms with E-state index in [0.717, 1.165) is 50.4 Å². The van der Waals surface area contributed by atoms with Crippen LogP contribution in [0.5, 0.6) is 11.5 Å². The molecule has 0 unspecified atom stereocenters. The van der Waals surface area contributed by atoms with E-state index in [1.165, 1.54) is 39.6 Å². The Morgan fingerprint density at radius 1 is 0.533 bits per heavy atom. The molecule has 1 aliphatic heterocycles. The summed E-state index contributed by atoms with van der Waals surface area (Å²) < 4.78 is 23.5. The summed E-state index contributed by atoms with van der Waals surface area (Å²) in [6.45, 7) is 21.0. The number of pyridine rings is 1. The third-order valence-corrected chi connectivity index (χ3v) is 11.8. The van der Waals surface area contributed by atoms with Crippen molar-refractivity contribution in [2.75, 3.05) is 16.5 Å². The third kappa shape index (κ3) is 7.19. The molecule has 0 spiro atoms. The largest absolute Gasteiger partial charge is 0.457 e. The normalized spacial score (nSPS) is 13.4. The molecular formula is C54H53FN4O. The summed E-state index contributed by atoms with van der Waals surface area (Å²) in [6, 6.07) is 48.0. The van der Waals surface area contributed by atoms with Gasteiger partial charge in [-0.15, -0.1) is 0 Å². The summed E-state index contributed by atoms with van der Waals surface area (Å²) in [6.07, 6.45) is 1.85. The number of halogens is 1. The average Bonchev–Trinajstić information content (AvgIpc) is 3.76. The summed E-state index contributed by atoms with van der Waals surface area (Å²) in [5.41, 5.74) is 12.4. The van der Waals surface area contributed by atoms with Gasteiger partial charge in [-0.05, 0) is 111 Å². The first-order chi connectivity index (χ1) is 28.5. The standard InChI is InChI=1S/C54H53FN4O/c1-52(2,3)36-25-26-56-50(30-36)59-47-24-21-39(55)31-46(47)45-23-22-43(33-49(45)59)60-42-18-13-17-41(32-42)57-34-58(40-15-11-10-12-16-40)51-44(19-14-20-48(51)57)35-27-37(53(4,5)6)29-38(28-35)54(7,8)9/h10-33H,34H2,1-9H3. The van der Waals surface area contributed by atoms with Gasteiger partial charge in [0.1, 0.15) is 29.8 Å². The van der Waals surface area contributed by atoms with Crippen molar-refractivity contribution in [3.8, 4) is 28.4 Å². The van der Waals surface area contributed by atoms with Crippen molar-refractivity contribution in [1.29, 1.82) is 0 Å². The number of aromatic nitrogens is 2. The van der Waals surface area contributed by atoms with Crippen LogP contribution in [0.3, 0.4) is 0 Å². The Kier molecular flexibility index (Phi) is 9.38. The van der Waals surface area contributed by atoms with Crippen LogP contribution in [0.2, 0.25) is 0 Å². The number of hydrogen-bond donors (Lipinski definition) is 0. The maximum absolute atomic E-state index is 14.7. The maximum Gasteiger partial charge on any atom is 0.137 e. The molecule has 0 bridgehead atoms. The van der Waals surface area contributed by atoms with Crippen LogP contribution >= 0.6 is 0 Å². The molecule has 2 aromatic heterocycles. The van der Waals surface area contributed by atoms with Gasteiger partial charge in [0, 0.05) is 46.0 Å². The lowest BCUT2D eigenvalue weighted by Crippen LogP contribution is -2.24. The van der Waals surface area contributed by atoms with Crippen molar-refractivity contribution in [2.45, 2.75) is 78.6 Å². The van der Waals surface area contributed by atoms with Gasteiger partial charge < -0.3 is 14.5 Å². The van der Waals surface area contributed by atoms with Gasteiger partial charge >= 0.3 is 0 Å². The fourth-order valence-electron chi connectivity index (χ4n) is 8.38. The van der Waals surface area contributed by atoms with Crippen LogP contribution in [0, 0.1) is 5.82 Å². The van der Waals surface area contributed by atoms with E-state index < -0.39 is 0 Å². The molecule has 0 aliphatic carbocycles. The fraction of sp³-hybridized carbons (Fsp3) is 0.241. The number of hydrogen-bond acceptors (Lipinski definition) is 4. The van der Waals surface area contributed by atoms with E-state index in [1.54, 1.807) is 6.07 Å². The second kappa shape index (κ2) is 14.4. The van der Waals surface area contributed by atoms with Gasteiger partial charge in [0.15, 0.2) is 0 Å². The predicted octanol–water partition coefficient (Wildman–Crippen LogP) is 14.9. The summed E-state index contributed by atoms with van der Waals surface area (Å²) in [4.78, 5) is 9.61. The van der Waals surface area contributed by atoms with Crippen molar-refractivity contribution in [3.05, 3.63) is 168 Å². The van der Waals surface area contributed by atoms with Gasteiger partial charge in [-0.2, -0.15) is 0 Å². The fourth-order valence-corrected chi connectivity index (χ4v) is 8.38. The first-order valence-electron chi connectivity index (χ1n) is 20.9. The molecule has 0 saturated carbocycles. The number of benzene rings is 6. The van der Waals surface area contributed by atoms with Crippen molar-refractivity contribution < 1.29 is 9.13 Å². The molecular weight excluding hydrogens is 740 g/mol. The summed E-state index contributed by atoms with van der Waals surface area (Å²) in [5.74, 6) is 1.91. The Bertz CT molecular complexity index is 2880. The lowest BCUT2D eigenvalue weighted by atomic mass is 9.78. The van der Waals surface area contributed by atoms with Crippen LogP contribution in [0.15, 0.2) is 146 Å². The number of para-hydroxylation sites is 2. The molecule has 8 aromatic rings. The average molecular weight is 793 g/mol. The molecule has 9 rings (SSSR count). The van der Waals surface area contributed by atoms with Crippen molar-refractivity contribution in [2.24, 2.45) is 0 Å². The summed E-state index contributed by atoms with van der Waals surface area (Å²) in [7, 11) is 0. The van der Waals surface area contributed by atoms with Crippen LogP contribution < -0.4 is 14.5 Å². The van der Waals surface area contributed by atoms with Gasteiger partial charge in [0.25, 0.3) is 0 Å². The van der Waals surface area contributed by atoms with Gasteiger partial charge in [-0.3, -0.25) is 4.57 Å². The number of nitrogens with zero attached hydrogens (tertiary/aromatic N) is 4. The molecule has 0 atom stereocenters. The topological polar surface area (TPSA) is 33.5 Å². The van der Waals surface area contributed by atoms with E-state index in [-0.39, 0.29) is 22.1 Å². The molecule has 3 heterocycles. The molecule has 6 aromatic carbocycles. The quantitative estimate of drug-likeness (QED) is 0.168. The molecule has 0 fully saturated rings. The maximum atomic E-state index is 14.7. The molecule has 302 valence electrons. The second-order valence-corrected chi connectivity index (χ2v) is 19.2. The minimum Gasteiger partial charge on any atom is -0.457 e. The first kappa shape index (κ1) is 39.1. The third-order valence-electron chi connectivity index (χ3n) is 11.8. The van der Waals surface area contributed by atoms with Crippen molar-refractivity contribution in [3.63, 3.8) is 0 Å². The van der Waals surface area contributed by atoms with E-state index >= 15 is 0 Å². The molecule has 0 amide bonds. The minimum atomic E-state index is -0.274. The molecule has 60 heavy (non-hydrogen) atoms. The number of ether oxygens (including phenoxy) is 1. The molecule has 0 radical (unpaired) electrons. The van der Waals surface area contributed by atoms with Crippen LogP contribution in [0.25, 0.3) is 38.8 Å². The van der Waals surface area contributed by atoms with Gasteiger partial charge in [-0.1, -0.05) is 117 Å². The van der Waals surface area contributed by atoms with Gasteiger partial charge in [0.2, 0.25) is 0 Å². The zero-order valence-electron chi connectivity index (χ0n) is 36.1. The lowest BCUT2D eigenvalue weighted by Gasteiger charge is -2.27. The lowest BCUT2D eigenvalue weighted by molar-refractivity contribution is 0.483. The summed E-state index contributed by atoms with van der Waals surface area (Å²) in [5, 5.41) is 1.76. The van der Waals surface area contributed by atoms with Crippen molar-refractivity contribution >= 4 is 44.6 Å². The molecule has 0 saturated heterocycles. The Labute approximate surface area is 353 Å². The smallest absolute Gasteiger partial charge is 0.137 e. The molecule has 5 nitrogen and oxygen atoms in total. The van der Waals surface area contributed by atoms with E-state index in [4.69, 9.17) is 9.72 Å². The van der Waals surface area contributed by atoms with Crippen LogP contribution in [0.1, 0.15) is 79.0 Å². The number of rotatable bonds is 6. The minimum absolute atomic E-state index is 0.00714. The van der Waals surface area contributed by atoms with Gasteiger partial charge in [-0.25, -0.2) is 9.37 Å². The molecule has 6 heteroatoms. The predicted molar refractivity (Wildman–Crippen MR) is 249 cm³/mol. The highest BCUT2D eigenvalue weighted by Crippen LogP contribution is 2.50. The summed E-state index contributed by atoms with van der Waals surface area (Å²) >= 11 is 0. The van der Waals surface area contributed by atoms with Crippen LogP contribution in [-0.2, 0) is 16.2 Å². The number of anilines is 4. The van der Waals surface area contributed by atoms with E-state index in [9.17, 15) is 4.39 Å². The van der Waals surface area contributed by atoms with E-state index in [2.05, 4.69) is 174 Å². The highest BCUT2D eigenvalue weighted by Gasteiger charge is 2.32. The Balaban J connectivity index is 1.13. The number of fused-ring (bicyclic) bond motifs is 4. The van der Waals surface area contributed by atoms with Crippen LogP contribution in [0.4, 0.5) is 27.1 Å². The van der Waals surface area contributed by atoms with Crippen molar-refractivity contribution in [1.82, 2.24) is 9.55 Å². The Hall–Kier alpha value is -6.40.